The Balaban J connectivity index is 0.000000509. The minimum atomic E-state index is 0.708. The van der Waals surface area contributed by atoms with Gasteiger partial charge in [0.1, 0.15) is 0 Å². The number of likely N-dealkylation sites (tertiary alicyclic amines) is 2. The number of ether oxygens (including phenoxy) is 1. The van der Waals surface area contributed by atoms with Crippen molar-refractivity contribution in [3.63, 3.8) is 0 Å². The minimum absolute atomic E-state index is 0.708. The molecule has 0 amide bonds. The summed E-state index contributed by atoms with van der Waals surface area (Å²) in [6, 6.07) is 9.89. The molecule has 2 fully saturated rings. The van der Waals surface area contributed by atoms with E-state index in [-0.39, 0.29) is 0 Å². The van der Waals surface area contributed by atoms with Crippen LogP contribution in [0.4, 0.5) is 0 Å². The Bertz CT molecular complexity index is 748. The second-order valence-corrected chi connectivity index (χ2v) is 10.9. The Morgan fingerprint density at radius 3 is 2.44 bits per heavy atom. The third-order valence-corrected chi connectivity index (χ3v) is 7.80. The highest BCUT2D eigenvalue weighted by Crippen LogP contribution is 2.29. The Labute approximate surface area is 208 Å². The molecule has 0 radical (unpaired) electrons. The lowest BCUT2D eigenvalue weighted by Crippen LogP contribution is -2.39. The first-order valence-corrected chi connectivity index (χ1v) is 13.7. The van der Waals surface area contributed by atoms with Crippen LogP contribution in [-0.2, 0) is 11.3 Å². The predicted molar refractivity (Wildman–Crippen MR) is 139 cm³/mol. The van der Waals surface area contributed by atoms with Crippen molar-refractivity contribution in [2.75, 3.05) is 45.9 Å². The van der Waals surface area contributed by atoms with Crippen molar-refractivity contribution in [2.24, 2.45) is 17.8 Å². The first-order chi connectivity index (χ1) is 15.5. The van der Waals surface area contributed by atoms with E-state index in [4.69, 9.17) is 27.9 Å². The molecule has 178 valence electrons. The van der Waals surface area contributed by atoms with Gasteiger partial charge in [-0.2, -0.15) is 11.3 Å². The lowest BCUT2D eigenvalue weighted by Gasteiger charge is -2.34. The van der Waals surface area contributed by atoms with Crippen molar-refractivity contribution < 1.29 is 4.74 Å². The number of piperidine rings is 1. The Hall–Kier alpha value is -0.620. The summed E-state index contributed by atoms with van der Waals surface area (Å²) >= 11 is 14.1. The first kappa shape index (κ1) is 26.0. The van der Waals surface area contributed by atoms with Crippen LogP contribution in [0.2, 0.25) is 10.0 Å². The zero-order valence-electron chi connectivity index (χ0n) is 19.5. The summed E-state index contributed by atoms with van der Waals surface area (Å²) in [7, 11) is 0. The molecule has 1 aromatic heterocycles. The van der Waals surface area contributed by atoms with Gasteiger partial charge in [0.2, 0.25) is 0 Å². The monoisotopic (exact) mass is 496 g/mol. The number of hydrogen-bond acceptors (Lipinski definition) is 4. The van der Waals surface area contributed by atoms with E-state index in [1.165, 1.54) is 44.6 Å². The molecule has 1 aromatic carbocycles. The molecular formula is C26H38Cl2N2OS. The number of rotatable bonds is 8. The number of halogens is 2. The van der Waals surface area contributed by atoms with Gasteiger partial charge in [0.15, 0.2) is 0 Å². The van der Waals surface area contributed by atoms with Gasteiger partial charge in [-0.15, -0.1) is 0 Å². The van der Waals surface area contributed by atoms with Gasteiger partial charge in [-0.3, -0.25) is 4.90 Å². The highest BCUT2D eigenvalue weighted by molar-refractivity contribution is 7.07. The van der Waals surface area contributed by atoms with Gasteiger partial charge < -0.3 is 9.64 Å². The van der Waals surface area contributed by atoms with Crippen LogP contribution in [-0.4, -0.2) is 55.7 Å². The first-order valence-electron chi connectivity index (χ1n) is 12.0. The molecular weight excluding hydrogens is 459 g/mol. The van der Waals surface area contributed by atoms with E-state index < -0.39 is 0 Å². The van der Waals surface area contributed by atoms with E-state index in [9.17, 15) is 0 Å². The van der Waals surface area contributed by atoms with E-state index >= 15 is 0 Å². The normalized spacial score (nSPS) is 22.6. The topological polar surface area (TPSA) is 15.7 Å². The summed E-state index contributed by atoms with van der Waals surface area (Å²) in [5, 5.41) is 5.57. The predicted octanol–water partition coefficient (Wildman–Crippen LogP) is 6.95. The number of hydrogen-bond donors (Lipinski definition) is 0. The zero-order chi connectivity index (χ0) is 22.8. The van der Waals surface area contributed by atoms with Crippen LogP contribution in [0.5, 0.6) is 0 Å². The molecule has 32 heavy (non-hydrogen) atoms. The maximum Gasteiger partial charge on any atom is 0.0495 e. The van der Waals surface area contributed by atoms with Crippen LogP contribution in [0.3, 0.4) is 0 Å². The molecule has 0 unspecified atom stereocenters. The maximum absolute atomic E-state index is 6.37. The summed E-state index contributed by atoms with van der Waals surface area (Å²) in [5.74, 6) is 2.25. The van der Waals surface area contributed by atoms with Gasteiger partial charge in [0, 0.05) is 49.4 Å². The summed E-state index contributed by atoms with van der Waals surface area (Å²) in [6.45, 7) is 13.4. The van der Waals surface area contributed by atoms with Gasteiger partial charge in [-0.25, -0.2) is 0 Å². The van der Waals surface area contributed by atoms with E-state index in [1.54, 1.807) is 11.3 Å². The van der Waals surface area contributed by atoms with Crippen molar-refractivity contribution >= 4 is 34.5 Å². The van der Waals surface area contributed by atoms with E-state index in [2.05, 4.69) is 29.7 Å². The molecule has 0 aliphatic carbocycles. The molecule has 3 heterocycles. The molecule has 0 spiro atoms. The quantitative estimate of drug-likeness (QED) is 0.367. The second kappa shape index (κ2) is 13.9. The van der Waals surface area contributed by atoms with Crippen LogP contribution in [0.1, 0.15) is 38.7 Å². The van der Waals surface area contributed by atoms with Crippen molar-refractivity contribution in [2.45, 2.75) is 39.7 Å². The number of thiophene rings is 1. The number of benzene rings is 1. The van der Waals surface area contributed by atoms with Crippen molar-refractivity contribution in [3.05, 3.63) is 56.7 Å². The summed E-state index contributed by atoms with van der Waals surface area (Å²) < 4.78 is 5.75. The Morgan fingerprint density at radius 1 is 1.06 bits per heavy atom. The van der Waals surface area contributed by atoms with Crippen molar-refractivity contribution in [1.29, 1.82) is 0 Å². The van der Waals surface area contributed by atoms with Crippen molar-refractivity contribution in [3.8, 4) is 0 Å². The van der Waals surface area contributed by atoms with Crippen LogP contribution in [0.25, 0.3) is 0 Å². The molecule has 2 aliphatic heterocycles. The van der Waals surface area contributed by atoms with Crippen LogP contribution < -0.4 is 0 Å². The molecule has 2 atom stereocenters. The average molecular weight is 498 g/mol. The molecule has 3 nitrogen and oxygen atoms in total. The Morgan fingerprint density at radius 2 is 1.81 bits per heavy atom. The largest absolute Gasteiger partial charge is 0.381 e. The molecule has 2 aromatic rings. The fraction of sp³-hybridized carbons (Fsp3) is 0.615. The van der Waals surface area contributed by atoms with E-state index in [0.717, 1.165) is 55.5 Å². The van der Waals surface area contributed by atoms with Crippen LogP contribution in [0.15, 0.2) is 41.1 Å². The van der Waals surface area contributed by atoms with Gasteiger partial charge in [-0.05, 0) is 78.6 Å². The van der Waals surface area contributed by atoms with Crippen molar-refractivity contribution in [1.82, 2.24) is 9.80 Å². The molecule has 0 saturated carbocycles. The van der Waals surface area contributed by atoms with Crippen LogP contribution >= 0.6 is 34.5 Å². The molecule has 0 bridgehead atoms. The Kier molecular flexibility index (Phi) is 11.3. The molecule has 2 saturated heterocycles. The maximum atomic E-state index is 6.37. The highest BCUT2D eigenvalue weighted by atomic mass is 35.5. The second-order valence-electron chi connectivity index (χ2n) is 9.28. The summed E-state index contributed by atoms with van der Waals surface area (Å²) in [5.41, 5.74) is 1.18. The average Bonchev–Trinajstić information content (AvgIpc) is 3.46. The summed E-state index contributed by atoms with van der Waals surface area (Å²) in [6.07, 6.45) is 3.69. The lowest BCUT2D eigenvalue weighted by atomic mass is 9.94. The van der Waals surface area contributed by atoms with E-state index in [1.807, 2.05) is 35.0 Å². The highest BCUT2D eigenvalue weighted by Gasteiger charge is 2.32. The minimum Gasteiger partial charge on any atom is -0.381 e. The third kappa shape index (κ3) is 8.62. The smallest absolute Gasteiger partial charge is 0.0495 e. The molecule has 2 aliphatic rings. The number of nitrogens with zero attached hydrogens (tertiary/aromatic N) is 2. The lowest BCUT2D eigenvalue weighted by molar-refractivity contribution is 0.0624. The molecule has 6 heteroatoms. The van der Waals surface area contributed by atoms with E-state index in [0.29, 0.717) is 5.02 Å². The molecule has 4 rings (SSSR count). The SMILES string of the molecule is CCCOCC1CCN(C[C@H]2CN(Cc3ccc(Cl)cc3Cl)C[C@@H]2C)CC1.c1ccsc1. The van der Waals surface area contributed by atoms with Gasteiger partial charge >= 0.3 is 0 Å². The molecule has 0 N–H and O–H groups in total. The van der Waals surface area contributed by atoms with Gasteiger partial charge in [0.25, 0.3) is 0 Å². The van der Waals surface area contributed by atoms with Gasteiger partial charge in [0.05, 0.1) is 0 Å². The fourth-order valence-corrected chi connectivity index (χ4v) is 5.61. The summed E-state index contributed by atoms with van der Waals surface area (Å²) in [4.78, 5) is 5.23. The fourth-order valence-electron chi connectivity index (χ4n) is 4.69. The standard InChI is InChI=1S/C22H34Cl2N2O.C4H4S/c1-3-10-27-16-18-6-8-25(9-7-18)14-20-15-26(12-17(20)2)13-19-4-5-21(23)11-22(19)24;1-2-4-5-3-1/h4-5,11,17-18,20H,3,6-10,12-16H2,1-2H3;1-4H/t17-,20-;/m0./s1. The zero-order valence-corrected chi connectivity index (χ0v) is 21.8. The third-order valence-electron chi connectivity index (χ3n) is 6.58. The van der Waals surface area contributed by atoms with Crippen LogP contribution in [0, 0.1) is 17.8 Å². The van der Waals surface area contributed by atoms with Gasteiger partial charge in [-0.1, -0.05) is 55.2 Å².